The molecule has 1 aliphatic carbocycles. The summed E-state index contributed by atoms with van der Waals surface area (Å²) >= 11 is -2.43. The minimum absolute atomic E-state index is 0.0148. The molecule has 0 spiro atoms. The molecule has 0 saturated heterocycles. The zero-order chi connectivity index (χ0) is 22.8. The lowest BCUT2D eigenvalue weighted by molar-refractivity contribution is -0.389. The summed E-state index contributed by atoms with van der Waals surface area (Å²) in [6, 6.07) is 3.33. The summed E-state index contributed by atoms with van der Waals surface area (Å²) in [7, 11) is 0. The fraction of sp³-hybridized carbons (Fsp3) is 0.684. The molecule has 172 valence electrons. The predicted molar refractivity (Wildman–Crippen MR) is 98.0 cm³/mol. The van der Waals surface area contributed by atoms with Gasteiger partial charge < -0.3 is 14.4 Å². The summed E-state index contributed by atoms with van der Waals surface area (Å²) in [5.41, 5.74) is -5.50. The molecule has 1 unspecified atom stereocenters. The van der Waals surface area contributed by atoms with E-state index in [0.717, 1.165) is 12.1 Å². The molecular weight excluding hydrogens is 438 g/mol. The second-order valence-corrected chi connectivity index (χ2v) is 8.71. The third kappa shape index (κ3) is 4.53. The fourth-order valence-corrected chi connectivity index (χ4v) is 4.67. The van der Waals surface area contributed by atoms with E-state index >= 15 is 0 Å². The number of halogens is 6. The van der Waals surface area contributed by atoms with Gasteiger partial charge in [-0.15, -0.1) is 0 Å². The Balaban J connectivity index is 2.53. The van der Waals surface area contributed by atoms with Gasteiger partial charge in [0.1, 0.15) is 0 Å². The second kappa shape index (κ2) is 9.13. The summed E-state index contributed by atoms with van der Waals surface area (Å²) in [4.78, 5) is 0. The van der Waals surface area contributed by atoms with Gasteiger partial charge in [0.05, 0.1) is 10.9 Å². The molecular formula is C19H24F6O4S. The molecule has 0 bridgehead atoms. The van der Waals surface area contributed by atoms with Crippen molar-refractivity contribution in [2.75, 3.05) is 6.61 Å². The van der Waals surface area contributed by atoms with Crippen LogP contribution in [0.25, 0.3) is 0 Å². The Kier molecular flexibility index (Phi) is 7.64. The van der Waals surface area contributed by atoms with Crippen molar-refractivity contribution in [3.05, 3.63) is 35.4 Å². The first kappa shape index (κ1) is 25.1. The highest BCUT2D eigenvalue weighted by Crippen LogP contribution is 2.53. The normalized spacial score (nSPS) is 24.6. The van der Waals surface area contributed by atoms with E-state index in [9.17, 15) is 40.2 Å². The van der Waals surface area contributed by atoms with Crippen molar-refractivity contribution in [1.82, 2.24) is 0 Å². The Morgan fingerprint density at radius 3 is 1.97 bits per heavy atom. The van der Waals surface area contributed by atoms with Gasteiger partial charge in [0.2, 0.25) is 0 Å². The van der Waals surface area contributed by atoms with Crippen molar-refractivity contribution >= 4 is 11.1 Å². The third-order valence-corrected chi connectivity index (χ3v) is 6.84. The molecule has 1 aliphatic rings. The first-order valence-corrected chi connectivity index (χ1v) is 10.6. The van der Waals surface area contributed by atoms with Crippen LogP contribution in [0.4, 0.5) is 26.3 Å². The van der Waals surface area contributed by atoms with Gasteiger partial charge in [0.15, 0.2) is 11.1 Å². The Morgan fingerprint density at radius 2 is 1.57 bits per heavy atom. The van der Waals surface area contributed by atoms with Crippen LogP contribution in [0.1, 0.15) is 56.6 Å². The van der Waals surface area contributed by atoms with E-state index in [4.69, 9.17) is 0 Å². The van der Waals surface area contributed by atoms with Crippen LogP contribution in [-0.2, 0) is 26.2 Å². The van der Waals surface area contributed by atoms with Crippen molar-refractivity contribution in [2.45, 2.75) is 74.3 Å². The van der Waals surface area contributed by atoms with E-state index in [1.165, 1.54) is 0 Å². The molecule has 0 radical (unpaired) electrons. The molecule has 2 rings (SSSR count). The first-order chi connectivity index (χ1) is 13.8. The van der Waals surface area contributed by atoms with Gasteiger partial charge >= 0.3 is 12.4 Å². The van der Waals surface area contributed by atoms with Gasteiger partial charge in [0, 0.05) is 12.2 Å². The average molecular weight is 462 g/mol. The minimum atomic E-state index is -5.77. The lowest BCUT2D eigenvalue weighted by atomic mass is 9.80. The van der Waals surface area contributed by atoms with Gasteiger partial charge in [0.25, 0.3) is 5.60 Å². The van der Waals surface area contributed by atoms with Gasteiger partial charge in [-0.25, -0.2) is 4.21 Å². The summed E-state index contributed by atoms with van der Waals surface area (Å²) < 4.78 is 107. The maximum atomic E-state index is 13.7. The molecule has 0 aliphatic heterocycles. The van der Waals surface area contributed by atoms with Crippen LogP contribution in [0.3, 0.4) is 0 Å². The van der Waals surface area contributed by atoms with Gasteiger partial charge in [-0.05, 0) is 37.7 Å². The summed E-state index contributed by atoms with van der Waals surface area (Å²) in [5, 5.41) is 9.66. The monoisotopic (exact) mass is 462 g/mol. The van der Waals surface area contributed by atoms with Crippen molar-refractivity contribution in [1.29, 1.82) is 0 Å². The van der Waals surface area contributed by atoms with Crippen LogP contribution in [0.15, 0.2) is 24.3 Å². The molecule has 1 aromatic rings. The number of hydrogen-bond acceptors (Lipinski definition) is 3. The summed E-state index contributed by atoms with van der Waals surface area (Å²) in [5.74, 6) is 0. The predicted octanol–water partition coefficient (Wildman–Crippen LogP) is 5.18. The molecule has 1 saturated carbocycles. The second-order valence-electron chi connectivity index (χ2n) is 7.43. The number of ether oxygens (including phenoxy) is 1. The standard InChI is InChI=1S/C19H24F6O4S/c1-2-3-12-29-17(18(20,21)22,19(23,24)25)14-6-4-13(5-7-14)16(30(27)28)10-8-15(26)9-11-16/h4-7,15,26H,2-3,8-12H2,1H3,(H,27,28). The molecule has 0 aromatic heterocycles. The lowest BCUT2D eigenvalue weighted by Gasteiger charge is -2.39. The number of hydrogen-bond donors (Lipinski definition) is 2. The highest BCUT2D eigenvalue weighted by molar-refractivity contribution is 7.80. The van der Waals surface area contributed by atoms with Crippen LogP contribution >= 0.6 is 0 Å². The topological polar surface area (TPSA) is 66.8 Å². The first-order valence-electron chi connectivity index (χ1n) is 9.49. The Morgan fingerprint density at radius 1 is 1.07 bits per heavy atom. The summed E-state index contributed by atoms with van der Waals surface area (Å²) in [6.07, 6.45) is -11.3. The van der Waals surface area contributed by atoms with Gasteiger partial charge in [-0.1, -0.05) is 37.6 Å². The summed E-state index contributed by atoms with van der Waals surface area (Å²) in [6.45, 7) is 0.871. The van der Waals surface area contributed by atoms with Crippen LogP contribution in [0.5, 0.6) is 0 Å². The SMILES string of the molecule is CCCCOC(c1ccc(C2(S(=O)O)CCC(O)CC2)cc1)(C(F)(F)F)C(F)(F)F. The van der Waals surface area contributed by atoms with E-state index < -0.39 is 52.1 Å². The molecule has 0 heterocycles. The third-order valence-electron chi connectivity index (χ3n) is 5.53. The zero-order valence-corrected chi connectivity index (χ0v) is 17.0. The molecule has 1 aromatic carbocycles. The van der Waals surface area contributed by atoms with E-state index in [2.05, 4.69) is 4.74 Å². The zero-order valence-electron chi connectivity index (χ0n) is 16.2. The highest BCUT2D eigenvalue weighted by atomic mass is 32.2. The van der Waals surface area contributed by atoms with E-state index in [1.54, 1.807) is 6.92 Å². The minimum Gasteiger partial charge on any atom is -0.393 e. The Labute approximate surface area is 172 Å². The van der Waals surface area contributed by atoms with Crippen LogP contribution in [0, 0.1) is 0 Å². The fourth-order valence-electron chi connectivity index (χ4n) is 3.75. The number of aliphatic hydroxyl groups excluding tert-OH is 1. The van der Waals surface area contributed by atoms with Crippen molar-refractivity contribution in [3.63, 3.8) is 0 Å². The van der Waals surface area contributed by atoms with E-state index in [-0.39, 0.29) is 37.7 Å². The maximum absolute atomic E-state index is 13.7. The van der Waals surface area contributed by atoms with Gasteiger partial charge in [-0.3, -0.25) is 0 Å². The molecule has 1 atom stereocenters. The molecule has 1 fully saturated rings. The van der Waals surface area contributed by atoms with Crippen LogP contribution in [0.2, 0.25) is 0 Å². The lowest BCUT2D eigenvalue weighted by Crippen LogP contribution is -2.56. The number of rotatable bonds is 7. The molecule has 4 nitrogen and oxygen atoms in total. The van der Waals surface area contributed by atoms with Crippen LogP contribution in [-0.4, -0.2) is 38.9 Å². The number of unbranched alkanes of at least 4 members (excludes halogenated alkanes) is 1. The average Bonchev–Trinajstić information content (AvgIpc) is 2.64. The number of alkyl halides is 6. The Bertz CT molecular complexity index is 710. The number of aliphatic hydroxyl groups is 1. The van der Waals surface area contributed by atoms with Crippen molar-refractivity contribution in [3.8, 4) is 0 Å². The van der Waals surface area contributed by atoms with E-state index in [0.29, 0.717) is 18.6 Å². The maximum Gasteiger partial charge on any atom is 0.430 e. The Hall–Kier alpha value is -1.17. The van der Waals surface area contributed by atoms with E-state index in [1.807, 2.05) is 0 Å². The largest absolute Gasteiger partial charge is 0.430 e. The molecule has 0 amide bonds. The molecule has 2 N–H and O–H groups in total. The van der Waals surface area contributed by atoms with Gasteiger partial charge in [-0.2, -0.15) is 26.3 Å². The van der Waals surface area contributed by atoms with Crippen molar-refractivity contribution < 1.29 is 44.9 Å². The van der Waals surface area contributed by atoms with Crippen molar-refractivity contribution in [2.24, 2.45) is 0 Å². The molecule has 11 heteroatoms. The highest BCUT2D eigenvalue weighted by Gasteiger charge is 2.73. The quantitative estimate of drug-likeness (QED) is 0.333. The number of benzene rings is 1. The smallest absolute Gasteiger partial charge is 0.393 e. The van der Waals surface area contributed by atoms with Crippen LogP contribution < -0.4 is 0 Å². The molecule has 30 heavy (non-hydrogen) atoms.